The molecule has 0 saturated carbocycles. The zero-order valence-electron chi connectivity index (χ0n) is 28.0. The number of carbonyl (C=O) groups is 1. The number of allylic oxidation sites excluding steroid dienone is 2. The number of hydrogen-bond acceptors (Lipinski definition) is 7. The quantitative estimate of drug-likeness (QED) is 0.223. The van der Waals surface area contributed by atoms with Gasteiger partial charge in [0.05, 0.1) is 13.2 Å². The number of aromatic nitrogens is 1. The molecule has 4 heterocycles. The van der Waals surface area contributed by atoms with Gasteiger partial charge < -0.3 is 52.4 Å². The molecule has 0 aliphatic carbocycles. The minimum Gasteiger partial charge on any atom is -0.492 e. The number of ether oxygens (including phenoxy) is 2. The largest absolute Gasteiger partial charge is 0.737 e. The normalized spacial score (nSPS) is 23.8. The van der Waals surface area contributed by atoms with Crippen LogP contribution in [0.5, 0.6) is 5.75 Å². The van der Waals surface area contributed by atoms with Crippen LogP contribution in [0.2, 0.25) is 5.02 Å². The van der Waals surface area contributed by atoms with Gasteiger partial charge in [0.2, 0.25) is 5.91 Å². The molecule has 0 bridgehead atoms. The standard InChI is InChI=1S/C36H41BClF2N3O7/c1-21-16-22(2)42-30(21)19-27-8-7-26(43(27)37(42,39)40)9-13-32(45)41(3)14-15-49-28-10-4-23(5-11-28)17-25-18-24(6-12-29(25)38)36-35(48)34(47)33(46)31(20-44)50-36/h4-8,10-12,16,18-19,31,33-36,44,46-48H,9,13-15,17,20H2,1-3H3/t31-,33-,34+,35-,36+/m1/s1. The van der Waals surface area contributed by atoms with Crippen LogP contribution in [-0.2, 0) is 16.0 Å². The maximum Gasteiger partial charge on any atom is 0.737 e. The summed E-state index contributed by atoms with van der Waals surface area (Å²) in [5.41, 5.74) is 4.88. The van der Waals surface area contributed by atoms with Crippen molar-refractivity contribution in [3.8, 4) is 5.75 Å². The number of amides is 1. The Morgan fingerprint density at radius 3 is 2.52 bits per heavy atom. The molecule has 1 aromatic heterocycles. The first-order chi connectivity index (χ1) is 23.8. The van der Waals surface area contributed by atoms with Gasteiger partial charge >= 0.3 is 6.97 Å². The molecule has 1 amide bonds. The molecule has 0 unspecified atom stereocenters. The topological polar surface area (TPSA) is 128 Å². The first-order valence-electron chi connectivity index (χ1n) is 16.6. The Labute approximate surface area is 294 Å². The fourth-order valence-corrected chi connectivity index (χ4v) is 7.14. The average Bonchev–Trinajstić information content (AvgIpc) is 3.64. The predicted molar refractivity (Wildman–Crippen MR) is 185 cm³/mol. The summed E-state index contributed by atoms with van der Waals surface area (Å²) in [5.74, 6) is 0.429. The van der Waals surface area contributed by atoms with E-state index in [9.17, 15) is 25.2 Å². The molecular weight excluding hydrogens is 671 g/mol. The SMILES string of the molecule is Cc1cc(C)n2c1C=C1C=CC(CCC(=O)N(C)CCOc3ccc(Cc4cc([C@@H]5O[C@H](CO)[C@@H](O)[C@H](O)[C@H]5O)ccc4Cl)cc3)=[N+]1[B-]2(F)F. The van der Waals surface area contributed by atoms with Crippen molar-refractivity contribution in [3.05, 3.63) is 105 Å². The smallest absolute Gasteiger partial charge is 0.492 e. The molecule has 3 aliphatic rings. The summed E-state index contributed by atoms with van der Waals surface area (Å²) < 4.78 is 45.1. The summed E-state index contributed by atoms with van der Waals surface area (Å²) in [4.78, 5) is 14.4. The van der Waals surface area contributed by atoms with Crippen molar-refractivity contribution >= 4 is 36.3 Å². The fourth-order valence-electron chi connectivity index (χ4n) is 6.96. The maximum atomic E-state index is 15.7. The molecule has 0 spiro atoms. The zero-order chi connectivity index (χ0) is 35.9. The zero-order valence-corrected chi connectivity index (χ0v) is 28.8. The summed E-state index contributed by atoms with van der Waals surface area (Å²) in [5, 5.41) is 40.9. The van der Waals surface area contributed by atoms with E-state index in [0.29, 0.717) is 52.1 Å². The van der Waals surface area contributed by atoms with Crippen molar-refractivity contribution < 1.29 is 47.8 Å². The van der Waals surface area contributed by atoms with Crippen LogP contribution in [0.1, 0.15) is 52.6 Å². The van der Waals surface area contributed by atoms with Gasteiger partial charge in [-0.1, -0.05) is 35.9 Å². The summed E-state index contributed by atoms with van der Waals surface area (Å²) in [7, 11) is 1.66. The molecule has 5 atom stereocenters. The molecule has 2 aromatic carbocycles. The maximum absolute atomic E-state index is 15.7. The number of fused-ring (bicyclic) bond motifs is 2. The minimum atomic E-state index is -4.07. The summed E-state index contributed by atoms with van der Waals surface area (Å²) >= 11 is 6.48. The molecule has 266 valence electrons. The van der Waals surface area contributed by atoms with Gasteiger partial charge in [-0.05, 0) is 72.5 Å². The van der Waals surface area contributed by atoms with Crippen LogP contribution >= 0.6 is 11.6 Å². The second-order valence-corrected chi connectivity index (χ2v) is 13.6. The molecule has 1 saturated heterocycles. The van der Waals surface area contributed by atoms with Crippen molar-refractivity contribution in [2.45, 2.75) is 63.6 Å². The van der Waals surface area contributed by atoms with Crippen LogP contribution in [0.25, 0.3) is 6.08 Å². The Kier molecular flexibility index (Phi) is 10.4. The van der Waals surface area contributed by atoms with E-state index in [-0.39, 0.29) is 25.4 Å². The lowest BCUT2D eigenvalue weighted by Gasteiger charge is -2.40. The highest BCUT2D eigenvalue weighted by molar-refractivity contribution is 6.58. The van der Waals surface area contributed by atoms with E-state index in [1.54, 1.807) is 68.6 Å². The van der Waals surface area contributed by atoms with Crippen molar-refractivity contribution in [2.75, 3.05) is 26.8 Å². The third-order valence-corrected chi connectivity index (χ3v) is 10.1. The Balaban J connectivity index is 1.00. The molecular formula is C36H41BClF2N3O7. The molecule has 3 aromatic rings. The lowest BCUT2D eigenvalue weighted by Crippen LogP contribution is -2.55. The van der Waals surface area contributed by atoms with Crippen molar-refractivity contribution in [3.63, 3.8) is 0 Å². The molecule has 0 radical (unpaired) electrons. The lowest BCUT2D eigenvalue weighted by molar-refractivity contribution is -0.362. The Morgan fingerprint density at radius 1 is 1.06 bits per heavy atom. The van der Waals surface area contributed by atoms with Crippen LogP contribution < -0.4 is 4.74 Å². The first-order valence-corrected chi connectivity index (χ1v) is 17.0. The molecule has 14 heteroatoms. The summed E-state index contributed by atoms with van der Waals surface area (Å²) in [6.45, 7) is -0.537. The molecule has 4 N–H and O–H groups in total. The number of aliphatic hydroxyl groups excluding tert-OH is 4. The van der Waals surface area contributed by atoms with Gasteiger partial charge in [0.25, 0.3) is 0 Å². The van der Waals surface area contributed by atoms with Crippen molar-refractivity contribution in [2.24, 2.45) is 0 Å². The fraction of sp³-hybridized carbons (Fsp3) is 0.389. The van der Waals surface area contributed by atoms with Crippen molar-refractivity contribution in [1.29, 1.82) is 0 Å². The van der Waals surface area contributed by atoms with E-state index >= 15 is 8.63 Å². The van der Waals surface area contributed by atoms with Gasteiger partial charge in [0, 0.05) is 48.8 Å². The number of likely N-dealkylation sites (N-methyl/N-ethyl adjacent to an activating group) is 1. The number of halogens is 3. The van der Waals surface area contributed by atoms with Gasteiger partial charge in [-0.25, -0.2) is 0 Å². The second-order valence-electron chi connectivity index (χ2n) is 13.2. The van der Waals surface area contributed by atoms with Crippen molar-refractivity contribution in [1.82, 2.24) is 9.38 Å². The number of nitrogens with zero attached hydrogens (tertiary/aromatic N) is 3. The van der Waals surface area contributed by atoms with Gasteiger partial charge in [-0.3, -0.25) is 4.79 Å². The van der Waals surface area contributed by atoms with E-state index in [1.807, 2.05) is 19.1 Å². The van der Waals surface area contributed by atoms with Crippen LogP contribution in [0.4, 0.5) is 8.63 Å². The Bertz CT molecular complexity index is 1860. The molecule has 6 rings (SSSR count). The number of hydrogen-bond donors (Lipinski definition) is 4. The van der Waals surface area contributed by atoms with Gasteiger partial charge in [-0.2, -0.15) is 0 Å². The number of aliphatic hydroxyl groups is 4. The summed E-state index contributed by atoms with van der Waals surface area (Å²) in [6.07, 6.45) is -0.474. The van der Waals surface area contributed by atoms with E-state index in [0.717, 1.165) is 25.7 Å². The number of rotatable bonds is 11. The van der Waals surface area contributed by atoms with Gasteiger partial charge in [0.15, 0.2) is 5.70 Å². The minimum absolute atomic E-state index is 0.0809. The monoisotopic (exact) mass is 711 g/mol. The Hall–Kier alpha value is -3.85. The lowest BCUT2D eigenvalue weighted by atomic mass is 9.90. The number of benzene rings is 2. The molecule has 50 heavy (non-hydrogen) atoms. The summed E-state index contributed by atoms with van der Waals surface area (Å²) in [6, 6.07) is 14.2. The van der Waals surface area contributed by atoms with Gasteiger partial charge in [-0.15, -0.1) is 0 Å². The average molecular weight is 712 g/mol. The third kappa shape index (κ3) is 6.90. The van der Waals surface area contributed by atoms with Gasteiger partial charge in [0.1, 0.15) is 48.6 Å². The molecule has 3 aliphatic heterocycles. The van der Waals surface area contributed by atoms with E-state index < -0.39 is 44.1 Å². The van der Waals surface area contributed by atoms with Crippen LogP contribution in [0, 0.1) is 13.8 Å². The molecule has 1 fully saturated rings. The highest BCUT2D eigenvalue weighted by Gasteiger charge is 2.52. The number of carbonyl (C=O) groups excluding carboxylic acids is 1. The highest BCUT2D eigenvalue weighted by Crippen LogP contribution is 2.36. The van der Waals surface area contributed by atoms with E-state index in [2.05, 4.69) is 0 Å². The first kappa shape index (κ1) is 36.0. The van der Waals surface area contributed by atoms with Crippen LogP contribution in [-0.4, -0.2) is 104 Å². The van der Waals surface area contributed by atoms with E-state index in [4.69, 9.17) is 21.1 Å². The van der Waals surface area contributed by atoms with Crippen LogP contribution in [0.3, 0.4) is 0 Å². The van der Waals surface area contributed by atoms with Crippen LogP contribution in [0.15, 0.2) is 66.4 Å². The number of aryl methyl sites for hydroxylation is 2. The third-order valence-electron chi connectivity index (χ3n) is 9.73. The predicted octanol–water partition coefficient (Wildman–Crippen LogP) is 3.78. The molecule has 10 nitrogen and oxygen atoms in total. The second kappa shape index (κ2) is 14.4. The highest BCUT2D eigenvalue weighted by atomic mass is 35.5. The Morgan fingerprint density at radius 2 is 1.80 bits per heavy atom. The van der Waals surface area contributed by atoms with E-state index in [1.165, 1.54) is 4.90 Å².